The SMILES string of the molecule is COc1ccc(NS(=O)(=O)c2ccc(OCC(=O)Nc3ccc(C)cc3C)c(Cl)c2)cc1. The summed E-state index contributed by atoms with van der Waals surface area (Å²) in [5, 5.41) is 2.85. The zero-order chi connectivity index (χ0) is 23.3. The van der Waals surface area contributed by atoms with Crippen molar-refractivity contribution in [1.82, 2.24) is 0 Å². The van der Waals surface area contributed by atoms with Gasteiger partial charge in [-0.1, -0.05) is 29.3 Å². The summed E-state index contributed by atoms with van der Waals surface area (Å²) < 4.78 is 38.3. The van der Waals surface area contributed by atoms with Crippen molar-refractivity contribution in [1.29, 1.82) is 0 Å². The van der Waals surface area contributed by atoms with Crippen LogP contribution >= 0.6 is 11.6 Å². The highest BCUT2D eigenvalue weighted by Gasteiger charge is 2.17. The van der Waals surface area contributed by atoms with Gasteiger partial charge >= 0.3 is 0 Å². The average Bonchev–Trinajstić information content (AvgIpc) is 2.75. The fraction of sp³-hybridized carbons (Fsp3) is 0.174. The molecule has 3 aromatic rings. The van der Waals surface area contributed by atoms with E-state index in [1.165, 1.54) is 25.3 Å². The van der Waals surface area contributed by atoms with Crippen LogP contribution in [0.4, 0.5) is 11.4 Å². The third kappa shape index (κ3) is 5.93. The minimum Gasteiger partial charge on any atom is -0.497 e. The zero-order valence-corrected chi connectivity index (χ0v) is 19.4. The van der Waals surface area contributed by atoms with Gasteiger partial charge < -0.3 is 14.8 Å². The number of hydrogen-bond acceptors (Lipinski definition) is 5. The first-order valence-electron chi connectivity index (χ1n) is 9.64. The lowest BCUT2D eigenvalue weighted by atomic mass is 10.1. The standard InChI is InChI=1S/C23H23ClN2O5S/c1-15-4-10-21(16(2)12-15)25-23(27)14-31-22-11-9-19(13-20(22)24)32(28,29)26-17-5-7-18(30-3)8-6-17/h4-13,26H,14H2,1-3H3,(H,25,27). The summed E-state index contributed by atoms with van der Waals surface area (Å²) in [6, 6.07) is 16.2. The second-order valence-electron chi connectivity index (χ2n) is 7.08. The molecule has 0 saturated carbocycles. The van der Waals surface area contributed by atoms with Gasteiger partial charge in [0.25, 0.3) is 15.9 Å². The molecule has 0 saturated heterocycles. The number of benzene rings is 3. The zero-order valence-electron chi connectivity index (χ0n) is 17.8. The van der Waals surface area contributed by atoms with Crippen molar-refractivity contribution in [3.05, 3.63) is 76.8 Å². The van der Waals surface area contributed by atoms with Crippen LogP contribution in [0.1, 0.15) is 11.1 Å². The number of anilines is 2. The molecule has 168 valence electrons. The van der Waals surface area contributed by atoms with Crippen LogP contribution in [0.2, 0.25) is 5.02 Å². The van der Waals surface area contributed by atoms with E-state index in [2.05, 4.69) is 10.0 Å². The van der Waals surface area contributed by atoms with Crippen LogP contribution in [0, 0.1) is 13.8 Å². The highest BCUT2D eigenvalue weighted by atomic mass is 35.5. The molecule has 0 radical (unpaired) electrons. The Morgan fingerprint density at radius 1 is 1.00 bits per heavy atom. The van der Waals surface area contributed by atoms with E-state index in [1.54, 1.807) is 24.3 Å². The van der Waals surface area contributed by atoms with Crippen LogP contribution in [0.25, 0.3) is 0 Å². The largest absolute Gasteiger partial charge is 0.497 e. The number of ether oxygens (including phenoxy) is 2. The molecule has 3 aromatic carbocycles. The molecule has 32 heavy (non-hydrogen) atoms. The molecule has 0 atom stereocenters. The van der Waals surface area contributed by atoms with Crippen LogP contribution < -0.4 is 19.5 Å². The number of sulfonamides is 1. The number of aryl methyl sites for hydroxylation is 2. The van der Waals surface area contributed by atoms with Gasteiger partial charge in [-0.25, -0.2) is 8.42 Å². The summed E-state index contributed by atoms with van der Waals surface area (Å²) in [5.41, 5.74) is 3.11. The van der Waals surface area contributed by atoms with E-state index in [4.69, 9.17) is 21.1 Å². The molecule has 9 heteroatoms. The second-order valence-corrected chi connectivity index (χ2v) is 9.17. The molecule has 7 nitrogen and oxygen atoms in total. The fourth-order valence-corrected chi connectivity index (χ4v) is 4.31. The average molecular weight is 475 g/mol. The van der Waals surface area contributed by atoms with Crippen molar-refractivity contribution in [2.75, 3.05) is 23.8 Å². The van der Waals surface area contributed by atoms with E-state index in [0.29, 0.717) is 17.1 Å². The Bertz CT molecular complexity index is 1230. The molecule has 2 N–H and O–H groups in total. The molecule has 0 heterocycles. The van der Waals surface area contributed by atoms with Crippen LogP contribution in [-0.2, 0) is 14.8 Å². The van der Waals surface area contributed by atoms with Gasteiger partial charge in [0.2, 0.25) is 0 Å². The number of methoxy groups -OCH3 is 1. The van der Waals surface area contributed by atoms with Gasteiger partial charge in [-0.05, 0) is 67.9 Å². The Morgan fingerprint density at radius 2 is 1.72 bits per heavy atom. The molecule has 0 aliphatic heterocycles. The second kappa shape index (κ2) is 9.93. The molecular weight excluding hydrogens is 452 g/mol. The van der Waals surface area contributed by atoms with Crippen LogP contribution in [0.3, 0.4) is 0 Å². The Hall–Kier alpha value is -3.23. The van der Waals surface area contributed by atoms with Crippen molar-refractivity contribution in [3.8, 4) is 11.5 Å². The number of amides is 1. The predicted molar refractivity (Wildman–Crippen MR) is 125 cm³/mol. The molecule has 0 aromatic heterocycles. The maximum Gasteiger partial charge on any atom is 0.262 e. The summed E-state index contributed by atoms with van der Waals surface area (Å²) in [7, 11) is -2.34. The number of nitrogens with one attached hydrogen (secondary N) is 2. The number of carbonyl (C=O) groups excluding carboxylic acids is 1. The molecule has 0 unspecified atom stereocenters. The maximum atomic E-state index is 12.6. The Kier molecular flexibility index (Phi) is 7.27. The van der Waals surface area contributed by atoms with E-state index >= 15 is 0 Å². The Morgan fingerprint density at radius 3 is 2.34 bits per heavy atom. The predicted octanol–water partition coefficient (Wildman–Crippen LogP) is 4.78. The van der Waals surface area contributed by atoms with Crippen LogP contribution in [0.5, 0.6) is 11.5 Å². The summed E-state index contributed by atoms with van der Waals surface area (Å²) in [5.74, 6) is 0.454. The van der Waals surface area contributed by atoms with Crippen LogP contribution in [0.15, 0.2) is 65.6 Å². The molecular formula is C23H23ClN2O5S. The first-order valence-corrected chi connectivity index (χ1v) is 11.5. The number of rotatable bonds is 8. The minimum atomic E-state index is -3.86. The van der Waals surface area contributed by atoms with E-state index in [0.717, 1.165) is 11.1 Å². The van der Waals surface area contributed by atoms with Gasteiger partial charge in [-0.15, -0.1) is 0 Å². The summed E-state index contributed by atoms with van der Waals surface area (Å²) in [6.45, 7) is 3.60. The van der Waals surface area contributed by atoms with Crippen LogP contribution in [-0.4, -0.2) is 28.0 Å². The lowest BCUT2D eigenvalue weighted by molar-refractivity contribution is -0.118. The topological polar surface area (TPSA) is 93.7 Å². The molecule has 0 spiro atoms. The van der Waals surface area contributed by atoms with Gasteiger partial charge in [0.15, 0.2) is 6.61 Å². The number of carbonyl (C=O) groups is 1. The van der Waals surface area contributed by atoms with E-state index < -0.39 is 10.0 Å². The molecule has 0 fully saturated rings. The molecule has 3 rings (SSSR count). The van der Waals surface area contributed by atoms with Gasteiger partial charge in [-0.3, -0.25) is 9.52 Å². The normalized spacial score (nSPS) is 11.0. The van der Waals surface area contributed by atoms with Gasteiger partial charge in [0.1, 0.15) is 11.5 Å². The van der Waals surface area contributed by atoms with E-state index in [1.807, 2.05) is 32.0 Å². The summed E-state index contributed by atoms with van der Waals surface area (Å²) in [6.07, 6.45) is 0. The summed E-state index contributed by atoms with van der Waals surface area (Å²) >= 11 is 6.20. The highest BCUT2D eigenvalue weighted by molar-refractivity contribution is 7.92. The van der Waals surface area contributed by atoms with Gasteiger partial charge in [0, 0.05) is 11.4 Å². The Balaban J connectivity index is 1.64. The smallest absolute Gasteiger partial charge is 0.262 e. The van der Waals surface area contributed by atoms with Crippen molar-refractivity contribution in [2.24, 2.45) is 0 Å². The molecule has 0 aliphatic rings. The number of hydrogen-bond donors (Lipinski definition) is 2. The summed E-state index contributed by atoms with van der Waals surface area (Å²) in [4.78, 5) is 12.2. The van der Waals surface area contributed by atoms with Gasteiger partial charge in [0.05, 0.1) is 17.0 Å². The quantitative estimate of drug-likeness (QED) is 0.490. The molecule has 0 bridgehead atoms. The fourth-order valence-electron chi connectivity index (χ4n) is 2.92. The van der Waals surface area contributed by atoms with Crippen molar-refractivity contribution in [2.45, 2.75) is 18.7 Å². The molecule has 0 aliphatic carbocycles. The molecule has 1 amide bonds. The van der Waals surface area contributed by atoms with E-state index in [9.17, 15) is 13.2 Å². The lowest BCUT2D eigenvalue weighted by Crippen LogP contribution is -2.21. The lowest BCUT2D eigenvalue weighted by Gasteiger charge is -2.12. The van der Waals surface area contributed by atoms with Crippen molar-refractivity contribution >= 4 is 38.9 Å². The Labute approximate surface area is 192 Å². The van der Waals surface area contributed by atoms with E-state index in [-0.39, 0.29) is 28.2 Å². The third-order valence-corrected chi connectivity index (χ3v) is 6.24. The maximum absolute atomic E-state index is 12.6. The third-order valence-electron chi connectivity index (χ3n) is 4.57. The highest BCUT2D eigenvalue weighted by Crippen LogP contribution is 2.28. The van der Waals surface area contributed by atoms with Gasteiger partial charge in [-0.2, -0.15) is 0 Å². The van der Waals surface area contributed by atoms with Crippen molar-refractivity contribution in [3.63, 3.8) is 0 Å². The van der Waals surface area contributed by atoms with Crippen molar-refractivity contribution < 1.29 is 22.7 Å². The number of halogens is 1. The monoisotopic (exact) mass is 474 g/mol. The minimum absolute atomic E-state index is 0.0367. The first kappa shape index (κ1) is 23.4. The first-order chi connectivity index (χ1) is 15.2.